The first-order valence-electron chi connectivity index (χ1n) is 10.6. The van der Waals surface area contributed by atoms with Gasteiger partial charge in [-0.3, -0.25) is 9.59 Å². The van der Waals surface area contributed by atoms with Gasteiger partial charge in [-0.2, -0.15) is 4.31 Å². The molecule has 9 nitrogen and oxygen atoms in total. The smallest absolute Gasteiger partial charge is 0.243 e. The van der Waals surface area contributed by atoms with Crippen molar-refractivity contribution in [2.45, 2.75) is 24.7 Å². The number of hydrogen-bond donors (Lipinski definition) is 1. The van der Waals surface area contributed by atoms with E-state index >= 15 is 0 Å². The molecule has 0 saturated carbocycles. The standard InChI is InChI=1S/C23H28N2O7S/c1-17(26)18-5-7-19(8-6-18)32-13-3-4-23(27)24-21-16-20(9-10-22(21)30-2)33(28,29)25-11-14-31-15-12-25/h5-10,16H,3-4,11-15H2,1-2H3,(H,24,27). The first kappa shape index (κ1) is 24.7. The highest BCUT2D eigenvalue weighted by Crippen LogP contribution is 2.29. The van der Waals surface area contributed by atoms with E-state index in [2.05, 4.69) is 5.32 Å². The first-order valence-corrected chi connectivity index (χ1v) is 12.0. The van der Waals surface area contributed by atoms with Crippen LogP contribution in [-0.2, 0) is 19.6 Å². The molecule has 1 fully saturated rings. The van der Waals surface area contributed by atoms with Gasteiger partial charge in [0.25, 0.3) is 0 Å². The number of carbonyl (C=O) groups is 2. The van der Waals surface area contributed by atoms with Gasteiger partial charge in [-0.1, -0.05) is 0 Å². The number of benzene rings is 2. The van der Waals surface area contributed by atoms with Gasteiger partial charge in [0, 0.05) is 25.1 Å². The summed E-state index contributed by atoms with van der Waals surface area (Å²) in [6.07, 6.45) is 0.628. The van der Waals surface area contributed by atoms with Gasteiger partial charge in [0.05, 0.1) is 37.5 Å². The molecule has 1 aliphatic rings. The molecule has 1 saturated heterocycles. The molecular weight excluding hydrogens is 448 g/mol. The minimum Gasteiger partial charge on any atom is -0.495 e. The van der Waals surface area contributed by atoms with E-state index in [1.165, 1.54) is 36.5 Å². The lowest BCUT2D eigenvalue weighted by molar-refractivity contribution is -0.116. The van der Waals surface area contributed by atoms with Gasteiger partial charge in [-0.05, 0) is 55.8 Å². The van der Waals surface area contributed by atoms with Crippen LogP contribution in [0.15, 0.2) is 47.4 Å². The third kappa shape index (κ3) is 6.53. The summed E-state index contributed by atoms with van der Waals surface area (Å²) in [6.45, 7) is 3.08. The van der Waals surface area contributed by atoms with Crippen LogP contribution >= 0.6 is 0 Å². The number of hydrogen-bond acceptors (Lipinski definition) is 7. The normalized spacial score (nSPS) is 14.5. The van der Waals surface area contributed by atoms with E-state index in [9.17, 15) is 18.0 Å². The van der Waals surface area contributed by atoms with Crippen LogP contribution in [0.5, 0.6) is 11.5 Å². The van der Waals surface area contributed by atoms with Gasteiger partial charge < -0.3 is 19.5 Å². The predicted molar refractivity (Wildman–Crippen MR) is 122 cm³/mol. The van der Waals surface area contributed by atoms with Crippen molar-refractivity contribution in [2.24, 2.45) is 0 Å². The van der Waals surface area contributed by atoms with Crippen molar-refractivity contribution >= 4 is 27.4 Å². The number of Topliss-reactive ketones (excluding diaryl/α,β-unsaturated/α-hetero) is 1. The van der Waals surface area contributed by atoms with Crippen LogP contribution in [0.25, 0.3) is 0 Å². The van der Waals surface area contributed by atoms with Gasteiger partial charge in [-0.15, -0.1) is 0 Å². The van der Waals surface area contributed by atoms with Crippen molar-refractivity contribution in [3.63, 3.8) is 0 Å². The average molecular weight is 477 g/mol. The topological polar surface area (TPSA) is 111 Å². The van der Waals surface area contributed by atoms with Crippen LogP contribution in [0, 0.1) is 0 Å². The summed E-state index contributed by atoms with van der Waals surface area (Å²) in [6, 6.07) is 11.2. The number of rotatable bonds is 10. The Hall–Kier alpha value is -2.95. The Bertz CT molecular complexity index is 1080. The lowest BCUT2D eigenvalue weighted by atomic mass is 10.1. The van der Waals surface area contributed by atoms with E-state index in [4.69, 9.17) is 14.2 Å². The number of nitrogens with zero attached hydrogens (tertiary/aromatic N) is 1. The van der Waals surface area contributed by atoms with Crippen molar-refractivity contribution in [1.82, 2.24) is 4.31 Å². The van der Waals surface area contributed by atoms with Crippen LogP contribution < -0.4 is 14.8 Å². The summed E-state index contributed by atoms with van der Waals surface area (Å²) in [5.41, 5.74) is 0.895. The molecule has 0 spiro atoms. The van der Waals surface area contributed by atoms with E-state index < -0.39 is 10.0 Å². The lowest BCUT2D eigenvalue weighted by Crippen LogP contribution is -2.40. The zero-order valence-electron chi connectivity index (χ0n) is 18.7. The SMILES string of the molecule is COc1ccc(S(=O)(=O)N2CCOCC2)cc1NC(=O)CCCOc1ccc(C(C)=O)cc1. The number of ketones is 1. The second kappa shape index (κ2) is 11.3. The number of carbonyl (C=O) groups excluding carboxylic acids is 2. The highest BCUT2D eigenvalue weighted by Gasteiger charge is 2.27. The van der Waals surface area contributed by atoms with Gasteiger partial charge in [0.15, 0.2) is 5.78 Å². The highest BCUT2D eigenvalue weighted by atomic mass is 32.2. The Morgan fingerprint density at radius 1 is 1.09 bits per heavy atom. The fourth-order valence-corrected chi connectivity index (χ4v) is 4.74. The summed E-state index contributed by atoms with van der Waals surface area (Å²) >= 11 is 0. The number of amides is 1. The maximum absolute atomic E-state index is 12.9. The van der Waals surface area contributed by atoms with Crippen molar-refractivity contribution in [1.29, 1.82) is 0 Å². The molecule has 1 amide bonds. The third-order valence-corrected chi connectivity index (χ3v) is 7.03. The molecule has 2 aromatic carbocycles. The number of sulfonamides is 1. The number of anilines is 1. The maximum atomic E-state index is 12.9. The summed E-state index contributed by atoms with van der Waals surface area (Å²) in [4.78, 5) is 23.8. The predicted octanol–water partition coefficient (Wildman–Crippen LogP) is 2.72. The zero-order valence-corrected chi connectivity index (χ0v) is 19.5. The molecule has 0 atom stereocenters. The van der Waals surface area contributed by atoms with Crippen LogP contribution in [-0.4, -0.2) is 64.4 Å². The minimum atomic E-state index is -3.70. The number of nitrogens with one attached hydrogen (secondary N) is 1. The second-order valence-electron chi connectivity index (χ2n) is 7.46. The molecule has 0 bridgehead atoms. The molecule has 2 aromatic rings. The fourth-order valence-electron chi connectivity index (χ4n) is 3.30. The molecule has 33 heavy (non-hydrogen) atoms. The molecule has 0 aliphatic carbocycles. The number of morpholine rings is 1. The largest absolute Gasteiger partial charge is 0.495 e. The molecule has 0 radical (unpaired) electrons. The quantitative estimate of drug-likeness (QED) is 0.415. The molecule has 3 rings (SSSR count). The molecule has 1 aliphatic heterocycles. The van der Waals surface area contributed by atoms with Crippen molar-refractivity contribution in [3.05, 3.63) is 48.0 Å². The van der Waals surface area contributed by atoms with Crippen LogP contribution in [0.4, 0.5) is 5.69 Å². The molecule has 0 aromatic heterocycles. The van der Waals surface area contributed by atoms with Gasteiger partial charge in [0.1, 0.15) is 11.5 Å². The summed E-state index contributed by atoms with van der Waals surface area (Å²) in [7, 11) is -2.25. The summed E-state index contributed by atoms with van der Waals surface area (Å²) in [5, 5.41) is 2.73. The first-order chi connectivity index (χ1) is 15.8. The maximum Gasteiger partial charge on any atom is 0.243 e. The van der Waals surface area contributed by atoms with E-state index in [0.717, 1.165) is 0 Å². The van der Waals surface area contributed by atoms with Gasteiger partial charge in [0.2, 0.25) is 15.9 Å². The van der Waals surface area contributed by atoms with Crippen molar-refractivity contribution in [2.75, 3.05) is 45.3 Å². The summed E-state index contributed by atoms with van der Waals surface area (Å²) < 4.78 is 43.3. The van der Waals surface area contributed by atoms with Crippen molar-refractivity contribution < 1.29 is 32.2 Å². The Labute approximate surface area is 193 Å². The fraction of sp³-hybridized carbons (Fsp3) is 0.391. The zero-order chi connectivity index (χ0) is 23.8. The molecular formula is C23H28N2O7S. The molecule has 1 heterocycles. The highest BCUT2D eigenvalue weighted by molar-refractivity contribution is 7.89. The average Bonchev–Trinajstić information content (AvgIpc) is 2.82. The Balaban J connectivity index is 1.57. The molecule has 178 valence electrons. The minimum absolute atomic E-state index is 0.0181. The molecule has 1 N–H and O–H groups in total. The van der Waals surface area contributed by atoms with E-state index in [-0.39, 0.29) is 41.8 Å². The van der Waals surface area contributed by atoms with E-state index in [0.29, 0.717) is 43.3 Å². The van der Waals surface area contributed by atoms with Gasteiger partial charge in [-0.25, -0.2) is 8.42 Å². The van der Waals surface area contributed by atoms with E-state index in [1.807, 2.05) is 0 Å². The number of methoxy groups -OCH3 is 1. The van der Waals surface area contributed by atoms with Crippen LogP contribution in [0.3, 0.4) is 0 Å². The van der Waals surface area contributed by atoms with E-state index in [1.54, 1.807) is 24.3 Å². The molecule has 10 heteroatoms. The van der Waals surface area contributed by atoms with Crippen LogP contribution in [0.1, 0.15) is 30.1 Å². The Kier molecular flexibility index (Phi) is 8.43. The second-order valence-corrected chi connectivity index (χ2v) is 9.40. The Morgan fingerprint density at radius 2 is 1.79 bits per heavy atom. The van der Waals surface area contributed by atoms with Gasteiger partial charge >= 0.3 is 0 Å². The Morgan fingerprint density at radius 3 is 2.42 bits per heavy atom. The molecule has 0 unspecified atom stereocenters. The third-order valence-electron chi connectivity index (χ3n) is 5.13. The van der Waals surface area contributed by atoms with Crippen molar-refractivity contribution in [3.8, 4) is 11.5 Å². The number of ether oxygens (including phenoxy) is 3. The van der Waals surface area contributed by atoms with Crippen LogP contribution in [0.2, 0.25) is 0 Å². The monoisotopic (exact) mass is 476 g/mol. The lowest BCUT2D eigenvalue weighted by Gasteiger charge is -2.26. The summed E-state index contributed by atoms with van der Waals surface area (Å²) in [5.74, 6) is 0.675.